The van der Waals surface area contributed by atoms with E-state index in [0.717, 1.165) is 16.8 Å². The first-order chi connectivity index (χ1) is 10.0. The Hall–Kier alpha value is -2.07. The number of halogens is 2. The molecule has 0 radical (unpaired) electrons. The molecule has 0 bridgehead atoms. The number of carbonyl (C=O) groups excluding carboxylic acids is 1. The van der Waals surface area contributed by atoms with Crippen LogP contribution in [0.5, 0.6) is 0 Å². The van der Waals surface area contributed by atoms with E-state index < -0.39 is 0 Å². The number of rotatable bonds is 3. The van der Waals surface area contributed by atoms with E-state index in [1.54, 1.807) is 18.2 Å². The van der Waals surface area contributed by atoms with Crippen LogP contribution in [0.2, 0.25) is 5.02 Å². The quantitative estimate of drug-likeness (QED) is 0.903. The number of nitrogens with one attached hydrogen (secondary N) is 2. The van der Waals surface area contributed by atoms with Crippen molar-refractivity contribution in [3.8, 4) is 0 Å². The Morgan fingerprint density at radius 1 is 1.33 bits per heavy atom. The molecule has 0 aliphatic carbocycles. The molecule has 5 heteroatoms. The van der Waals surface area contributed by atoms with Crippen LogP contribution < -0.4 is 10.6 Å². The summed E-state index contributed by atoms with van der Waals surface area (Å²) in [5, 5.41) is 6.38. The molecule has 3 nitrogen and oxygen atoms in total. The fraction of sp³-hybridized carbons (Fsp3) is 0.188. The molecule has 0 saturated heterocycles. The first-order valence-electron chi connectivity index (χ1n) is 6.64. The zero-order valence-corrected chi connectivity index (χ0v) is 12.2. The van der Waals surface area contributed by atoms with Crippen molar-refractivity contribution in [2.75, 3.05) is 10.6 Å². The molecule has 0 spiro atoms. The van der Waals surface area contributed by atoms with Crippen molar-refractivity contribution >= 4 is 28.9 Å². The van der Waals surface area contributed by atoms with Crippen LogP contribution in [0.1, 0.15) is 16.7 Å². The van der Waals surface area contributed by atoms with Crippen LogP contribution in [0.15, 0.2) is 30.3 Å². The summed E-state index contributed by atoms with van der Waals surface area (Å²) in [4.78, 5) is 11.4. The number of hydrogen-bond donors (Lipinski definition) is 2. The predicted octanol–water partition coefficient (Wildman–Crippen LogP) is 3.89. The molecular weight excluding hydrogens is 291 g/mol. The SMILES string of the molecule is Cc1ccc(F)c(CNc2cc3c(cc2Cl)NC(=O)C3)c1. The van der Waals surface area contributed by atoms with Gasteiger partial charge in [0.1, 0.15) is 5.82 Å². The predicted molar refractivity (Wildman–Crippen MR) is 82.2 cm³/mol. The Labute approximate surface area is 127 Å². The molecule has 2 N–H and O–H groups in total. The molecule has 2 aromatic rings. The molecule has 0 saturated carbocycles. The average Bonchev–Trinajstić information content (AvgIpc) is 2.78. The van der Waals surface area contributed by atoms with Crippen molar-refractivity contribution in [2.24, 2.45) is 0 Å². The third-order valence-electron chi connectivity index (χ3n) is 3.49. The number of aryl methyl sites for hydroxylation is 1. The summed E-state index contributed by atoms with van der Waals surface area (Å²) in [6.07, 6.45) is 0.347. The average molecular weight is 305 g/mol. The number of carbonyl (C=O) groups is 1. The lowest BCUT2D eigenvalue weighted by Gasteiger charge is -2.11. The molecule has 0 fully saturated rings. The van der Waals surface area contributed by atoms with Gasteiger partial charge < -0.3 is 10.6 Å². The maximum atomic E-state index is 13.7. The molecule has 2 aromatic carbocycles. The molecule has 108 valence electrons. The second-order valence-electron chi connectivity index (χ2n) is 5.16. The second kappa shape index (κ2) is 5.37. The Morgan fingerprint density at radius 2 is 2.14 bits per heavy atom. The standard InChI is InChI=1S/C16H14ClFN2O/c1-9-2-3-13(18)11(4-9)8-19-15-5-10-6-16(21)20-14(10)7-12(15)17/h2-5,7,19H,6,8H2,1H3,(H,20,21). The maximum absolute atomic E-state index is 13.7. The van der Waals surface area contributed by atoms with Crippen molar-refractivity contribution in [1.82, 2.24) is 0 Å². The van der Waals surface area contributed by atoms with Crippen LogP contribution in [-0.4, -0.2) is 5.91 Å². The minimum absolute atomic E-state index is 0.0389. The molecule has 0 unspecified atom stereocenters. The largest absolute Gasteiger partial charge is 0.380 e. The minimum Gasteiger partial charge on any atom is -0.380 e. The normalized spacial score (nSPS) is 13.0. The molecule has 0 atom stereocenters. The fourth-order valence-corrected chi connectivity index (χ4v) is 2.64. The van der Waals surface area contributed by atoms with Crippen LogP contribution in [0.3, 0.4) is 0 Å². The molecule has 0 aromatic heterocycles. The molecule has 1 heterocycles. The monoisotopic (exact) mass is 304 g/mol. The zero-order valence-electron chi connectivity index (χ0n) is 11.5. The third kappa shape index (κ3) is 2.85. The smallest absolute Gasteiger partial charge is 0.228 e. The van der Waals surface area contributed by atoms with E-state index in [9.17, 15) is 9.18 Å². The van der Waals surface area contributed by atoms with Gasteiger partial charge in [0.05, 0.1) is 17.1 Å². The number of fused-ring (bicyclic) bond motifs is 1. The van der Waals surface area contributed by atoms with E-state index in [1.807, 2.05) is 13.0 Å². The molecule has 1 aliphatic rings. The Morgan fingerprint density at radius 3 is 2.95 bits per heavy atom. The van der Waals surface area contributed by atoms with Gasteiger partial charge in [0, 0.05) is 17.8 Å². The highest BCUT2D eigenvalue weighted by Crippen LogP contribution is 2.33. The molecule has 1 amide bonds. The lowest BCUT2D eigenvalue weighted by Crippen LogP contribution is -2.03. The first kappa shape index (κ1) is 13.9. The van der Waals surface area contributed by atoms with Crippen LogP contribution in [0.4, 0.5) is 15.8 Å². The summed E-state index contributed by atoms with van der Waals surface area (Å²) >= 11 is 6.19. The number of hydrogen-bond acceptors (Lipinski definition) is 2. The molecule has 1 aliphatic heterocycles. The maximum Gasteiger partial charge on any atom is 0.228 e. The highest BCUT2D eigenvalue weighted by atomic mass is 35.5. The van der Waals surface area contributed by atoms with Crippen LogP contribution in [0, 0.1) is 12.7 Å². The van der Waals surface area contributed by atoms with E-state index in [4.69, 9.17) is 11.6 Å². The van der Waals surface area contributed by atoms with Gasteiger partial charge >= 0.3 is 0 Å². The van der Waals surface area contributed by atoms with Gasteiger partial charge in [-0.1, -0.05) is 29.3 Å². The summed E-state index contributed by atoms with van der Waals surface area (Å²) < 4.78 is 13.7. The van der Waals surface area contributed by atoms with E-state index in [2.05, 4.69) is 10.6 Å². The van der Waals surface area contributed by atoms with E-state index in [0.29, 0.717) is 29.2 Å². The summed E-state index contributed by atoms with van der Waals surface area (Å²) in [6.45, 7) is 2.26. The van der Waals surface area contributed by atoms with Gasteiger partial charge in [-0.15, -0.1) is 0 Å². The summed E-state index contributed by atoms with van der Waals surface area (Å²) in [6, 6.07) is 8.55. The van der Waals surface area contributed by atoms with Gasteiger partial charge in [-0.25, -0.2) is 4.39 Å². The highest BCUT2D eigenvalue weighted by Gasteiger charge is 2.19. The van der Waals surface area contributed by atoms with Gasteiger partial charge in [-0.05, 0) is 30.7 Å². The van der Waals surface area contributed by atoms with Crippen molar-refractivity contribution in [1.29, 1.82) is 0 Å². The number of benzene rings is 2. The summed E-state index contributed by atoms with van der Waals surface area (Å²) in [5.41, 5.74) is 3.94. The van der Waals surface area contributed by atoms with E-state index in [1.165, 1.54) is 6.07 Å². The lowest BCUT2D eigenvalue weighted by atomic mass is 10.1. The fourth-order valence-electron chi connectivity index (χ4n) is 2.41. The molecular formula is C16H14ClFN2O. The number of amides is 1. The summed E-state index contributed by atoms with van der Waals surface area (Å²) in [7, 11) is 0. The van der Waals surface area contributed by atoms with Crippen molar-refractivity contribution in [3.63, 3.8) is 0 Å². The Kier molecular flexibility index (Phi) is 3.55. The number of anilines is 2. The van der Waals surface area contributed by atoms with Gasteiger partial charge in [-0.3, -0.25) is 4.79 Å². The van der Waals surface area contributed by atoms with Crippen LogP contribution in [0.25, 0.3) is 0 Å². The van der Waals surface area contributed by atoms with E-state index >= 15 is 0 Å². The Balaban J connectivity index is 1.81. The lowest BCUT2D eigenvalue weighted by molar-refractivity contribution is -0.115. The molecule has 3 rings (SSSR count). The van der Waals surface area contributed by atoms with E-state index in [-0.39, 0.29) is 11.7 Å². The van der Waals surface area contributed by atoms with Crippen molar-refractivity contribution in [3.05, 3.63) is 57.9 Å². The minimum atomic E-state index is -0.248. The van der Waals surface area contributed by atoms with Crippen molar-refractivity contribution < 1.29 is 9.18 Å². The zero-order chi connectivity index (χ0) is 15.0. The van der Waals surface area contributed by atoms with Gasteiger partial charge in [0.25, 0.3) is 0 Å². The topological polar surface area (TPSA) is 41.1 Å². The van der Waals surface area contributed by atoms with Crippen LogP contribution >= 0.6 is 11.6 Å². The van der Waals surface area contributed by atoms with Crippen LogP contribution in [-0.2, 0) is 17.8 Å². The molecule has 21 heavy (non-hydrogen) atoms. The third-order valence-corrected chi connectivity index (χ3v) is 3.80. The van der Waals surface area contributed by atoms with Gasteiger partial charge in [0.2, 0.25) is 5.91 Å². The summed E-state index contributed by atoms with van der Waals surface area (Å²) in [5.74, 6) is -0.287. The Bertz CT molecular complexity index is 730. The first-order valence-corrected chi connectivity index (χ1v) is 7.02. The second-order valence-corrected chi connectivity index (χ2v) is 5.57. The van der Waals surface area contributed by atoms with Crippen molar-refractivity contribution in [2.45, 2.75) is 19.9 Å². The van der Waals surface area contributed by atoms with Gasteiger partial charge in [0.15, 0.2) is 0 Å². The van der Waals surface area contributed by atoms with Gasteiger partial charge in [-0.2, -0.15) is 0 Å². The highest BCUT2D eigenvalue weighted by molar-refractivity contribution is 6.33.